The van der Waals surface area contributed by atoms with Crippen LogP contribution in [0.3, 0.4) is 0 Å². The number of nitrogens with zero attached hydrogens (tertiary/aromatic N) is 3. The van der Waals surface area contributed by atoms with Crippen molar-refractivity contribution in [2.24, 2.45) is 0 Å². The van der Waals surface area contributed by atoms with Crippen molar-refractivity contribution in [2.75, 3.05) is 0 Å². The molecule has 3 nitrogen and oxygen atoms in total. The van der Waals surface area contributed by atoms with Crippen LogP contribution in [-0.2, 0) is 0 Å². The minimum Gasteiger partial charge on any atom is -0.309 e. The van der Waals surface area contributed by atoms with Crippen molar-refractivity contribution in [3.05, 3.63) is 194 Å². The molecule has 0 fully saturated rings. The van der Waals surface area contributed by atoms with E-state index in [0.717, 1.165) is 50.5 Å². The Morgan fingerprint density at radius 1 is 0.423 bits per heavy atom. The smallest absolute Gasteiger partial charge is 0.138 e. The maximum atomic E-state index is 5.37. The topological polar surface area (TPSA) is 22.8 Å². The molecule has 0 aliphatic rings. The molecule has 0 bridgehead atoms. The highest BCUT2D eigenvalue weighted by Gasteiger charge is 2.21. The van der Waals surface area contributed by atoms with E-state index >= 15 is 0 Å². The van der Waals surface area contributed by atoms with Crippen molar-refractivity contribution in [1.29, 1.82) is 0 Å². The Labute approximate surface area is 302 Å². The summed E-state index contributed by atoms with van der Waals surface area (Å²) in [7, 11) is 0. The molecule has 0 unspecified atom stereocenters. The van der Waals surface area contributed by atoms with Crippen LogP contribution in [-0.4, -0.2) is 14.1 Å². The van der Waals surface area contributed by atoms with Gasteiger partial charge >= 0.3 is 0 Å². The summed E-state index contributed by atoms with van der Waals surface area (Å²) in [6, 6.07) is 65.0. The molecule has 0 N–H and O–H groups in total. The third kappa shape index (κ3) is 4.71. The molecule has 7 aromatic carbocycles. The molecule has 0 aliphatic carbocycles. The Kier molecular flexibility index (Phi) is 6.97. The normalized spacial score (nSPS) is 11.5. The summed E-state index contributed by atoms with van der Waals surface area (Å²) >= 11 is 0. The SMILES string of the molecule is C=Cc1ccc2c(c1)c1c(-c3cccc4c3c3ccccc3n4-c3cc(-c4ccccc4)cc(-c4ccccc4)n3)cccc1n2-c1ccccc1. The minimum atomic E-state index is 0.887. The van der Waals surface area contributed by atoms with E-state index in [4.69, 9.17) is 4.98 Å². The highest BCUT2D eigenvalue weighted by atomic mass is 15.1. The number of hydrogen-bond acceptors (Lipinski definition) is 1. The molecule has 3 heterocycles. The van der Waals surface area contributed by atoms with Crippen molar-refractivity contribution in [2.45, 2.75) is 0 Å². The van der Waals surface area contributed by atoms with Gasteiger partial charge in [-0.15, -0.1) is 0 Å². The predicted octanol–water partition coefficient (Wildman–Crippen LogP) is 12.9. The van der Waals surface area contributed by atoms with Crippen LogP contribution in [0.5, 0.6) is 0 Å². The van der Waals surface area contributed by atoms with E-state index in [1.54, 1.807) is 0 Å². The second kappa shape index (κ2) is 12.1. The summed E-state index contributed by atoms with van der Waals surface area (Å²) in [5.41, 5.74) is 13.5. The van der Waals surface area contributed by atoms with Crippen LogP contribution in [0.15, 0.2) is 189 Å². The van der Waals surface area contributed by atoms with Gasteiger partial charge in [0.1, 0.15) is 5.82 Å². The fourth-order valence-electron chi connectivity index (χ4n) is 7.97. The fourth-order valence-corrected chi connectivity index (χ4v) is 7.97. The van der Waals surface area contributed by atoms with E-state index in [9.17, 15) is 0 Å². The van der Waals surface area contributed by atoms with Gasteiger partial charge in [0.2, 0.25) is 0 Å². The summed E-state index contributed by atoms with van der Waals surface area (Å²) in [6.07, 6.45) is 1.93. The first kappa shape index (κ1) is 29.9. The average molecular weight is 664 g/mol. The maximum absolute atomic E-state index is 5.37. The first-order valence-corrected chi connectivity index (χ1v) is 17.7. The first-order chi connectivity index (χ1) is 25.8. The van der Waals surface area contributed by atoms with Gasteiger partial charge in [0.05, 0.1) is 27.8 Å². The quantitative estimate of drug-likeness (QED) is 0.174. The standard InChI is InChI=1S/C49H33N3/c1-2-33-28-29-44-41(30-33)49-39(24-14-26-45(49)51(44)37-20-10-5-11-21-37)38-23-15-27-46-48(38)40-22-12-13-25-43(40)52(46)47-32-36(34-16-6-3-7-17-34)31-42(50-47)35-18-8-4-9-19-35/h2-32H,1H2. The molecule has 0 radical (unpaired) electrons. The molecule has 0 aliphatic heterocycles. The molecule has 0 saturated heterocycles. The van der Waals surface area contributed by atoms with Gasteiger partial charge in [-0.25, -0.2) is 4.98 Å². The van der Waals surface area contributed by atoms with Gasteiger partial charge in [0.15, 0.2) is 0 Å². The predicted molar refractivity (Wildman–Crippen MR) is 219 cm³/mol. The van der Waals surface area contributed by atoms with E-state index in [0.29, 0.717) is 0 Å². The van der Waals surface area contributed by atoms with E-state index in [1.807, 2.05) is 6.08 Å². The zero-order valence-electron chi connectivity index (χ0n) is 28.4. The first-order valence-electron chi connectivity index (χ1n) is 17.7. The Bertz CT molecular complexity index is 2890. The molecule has 0 saturated carbocycles. The molecule has 3 aromatic heterocycles. The number of fused-ring (bicyclic) bond motifs is 6. The summed E-state index contributed by atoms with van der Waals surface area (Å²) < 4.78 is 4.73. The molecule has 3 heteroatoms. The molecular weight excluding hydrogens is 631 g/mol. The number of para-hydroxylation sites is 2. The number of rotatable bonds is 6. The summed E-state index contributed by atoms with van der Waals surface area (Å²) in [4.78, 5) is 5.37. The van der Waals surface area contributed by atoms with Crippen LogP contribution in [0.25, 0.3) is 94.7 Å². The number of aromatic nitrogens is 3. The lowest BCUT2D eigenvalue weighted by molar-refractivity contribution is 1.08. The van der Waals surface area contributed by atoms with Gasteiger partial charge in [-0.3, -0.25) is 4.57 Å². The zero-order chi connectivity index (χ0) is 34.6. The molecule has 52 heavy (non-hydrogen) atoms. The van der Waals surface area contributed by atoms with Crippen LogP contribution in [0.4, 0.5) is 0 Å². The molecule has 244 valence electrons. The minimum absolute atomic E-state index is 0.887. The Balaban J connectivity index is 1.29. The van der Waals surface area contributed by atoms with Gasteiger partial charge in [-0.05, 0) is 82.4 Å². The van der Waals surface area contributed by atoms with Gasteiger partial charge in [-0.2, -0.15) is 0 Å². The van der Waals surface area contributed by atoms with Crippen molar-refractivity contribution < 1.29 is 0 Å². The maximum Gasteiger partial charge on any atom is 0.138 e. The average Bonchev–Trinajstić information content (AvgIpc) is 3.74. The van der Waals surface area contributed by atoms with E-state index in [2.05, 4.69) is 198 Å². The number of hydrogen-bond donors (Lipinski definition) is 0. The van der Waals surface area contributed by atoms with Gasteiger partial charge < -0.3 is 4.57 Å². The van der Waals surface area contributed by atoms with Crippen LogP contribution in [0.2, 0.25) is 0 Å². The van der Waals surface area contributed by atoms with Gasteiger partial charge in [0.25, 0.3) is 0 Å². The van der Waals surface area contributed by atoms with E-state index < -0.39 is 0 Å². The summed E-state index contributed by atoms with van der Waals surface area (Å²) in [6.45, 7) is 4.11. The Morgan fingerprint density at radius 2 is 1.00 bits per heavy atom. The lowest BCUT2D eigenvalue weighted by Gasteiger charge is -2.13. The molecule has 10 rings (SSSR count). The van der Waals surface area contributed by atoms with E-state index in [1.165, 1.54) is 43.7 Å². The van der Waals surface area contributed by atoms with Crippen LogP contribution in [0.1, 0.15) is 5.56 Å². The third-order valence-corrected chi connectivity index (χ3v) is 10.3. The van der Waals surface area contributed by atoms with Crippen molar-refractivity contribution in [1.82, 2.24) is 14.1 Å². The third-order valence-electron chi connectivity index (χ3n) is 10.3. The van der Waals surface area contributed by atoms with Crippen molar-refractivity contribution in [3.63, 3.8) is 0 Å². The number of pyridine rings is 1. The number of benzene rings is 7. The van der Waals surface area contributed by atoms with Crippen LogP contribution < -0.4 is 0 Å². The van der Waals surface area contributed by atoms with Crippen LogP contribution in [0, 0.1) is 0 Å². The van der Waals surface area contributed by atoms with Crippen molar-refractivity contribution in [3.8, 4) is 45.0 Å². The molecular formula is C49H33N3. The van der Waals surface area contributed by atoms with Gasteiger partial charge in [-0.1, -0.05) is 140 Å². The highest BCUT2D eigenvalue weighted by molar-refractivity contribution is 6.22. The van der Waals surface area contributed by atoms with Crippen molar-refractivity contribution >= 4 is 49.7 Å². The second-order valence-electron chi connectivity index (χ2n) is 13.2. The summed E-state index contributed by atoms with van der Waals surface area (Å²) in [5, 5.41) is 4.83. The monoisotopic (exact) mass is 663 g/mol. The van der Waals surface area contributed by atoms with E-state index in [-0.39, 0.29) is 0 Å². The molecule has 10 aromatic rings. The van der Waals surface area contributed by atoms with Crippen LogP contribution >= 0.6 is 0 Å². The summed E-state index contributed by atoms with van der Waals surface area (Å²) in [5.74, 6) is 0.887. The Morgan fingerprint density at radius 3 is 1.71 bits per heavy atom. The highest BCUT2D eigenvalue weighted by Crippen LogP contribution is 2.44. The zero-order valence-corrected chi connectivity index (χ0v) is 28.4. The fraction of sp³-hybridized carbons (Fsp3) is 0. The Hall–Kier alpha value is -6.97. The molecule has 0 spiro atoms. The molecule has 0 atom stereocenters. The largest absolute Gasteiger partial charge is 0.309 e. The molecule has 0 amide bonds. The van der Waals surface area contributed by atoms with Gasteiger partial charge in [0, 0.05) is 32.8 Å². The second-order valence-corrected chi connectivity index (χ2v) is 13.2. The lowest BCUT2D eigenvalue weighted by Crippen LogP contribution is -2.00. The lowest BCUT2D eigenvalue weighted by atomic mass is 9.95.